The molecule has 0 amide bonds. The zero-order valence-corrected chi connectivity index (χ0v) is 13.2. The van der Waals surface area contributed by atoms with E-state index in [1.54, 1.807) is 0 Å². The molecule has 114 valence electrons. The van der Waals surface area contributed by atoms with Gasteiger partial charge in [-0.05, 0) is 32.6 Å². The van der Waals surface area contributed by atoms with E-state index in [2.05, 4.69) is 60.3 Å². The molecule has 0 aliphatic heterocycles. The topological polar surface area (TPSA) is 98.0 Å². The van der Waals surface area contributed by atoms with Crippen LogP contribution in [0.3, 0.4) is 0 Å². The van der Waals surface area contributed by atoms with Gasteiger partial charge in [-0.2, -0.15) is 15.0 Å². The molecule has 0 radical (unpaired) electrons. The summed E-state index contributed by atoms with van der Waals surface area (Å²) in [6, 6.07) is 0.254. The molecule has 0 bridgehead atoms. The van der Waals surface area contributed by atoms with Crippen LogP contribution in [-0.2, 0) is 0 Å². The van der Waals surface area contributed by atoms with Crippen LogP contribution in [0.25, 0.3) is 0 Å². The molecule has 0 saturated carbocycles. The Morgan fingerprint density at radius 3 is 2.15 bits per heavy atom. The van der Waals surface area contributed by atoms with Crippen molar-refractivity contribution in [3.05, 3.63) is 0 Å². The Bertz CT molecular complexity index is 441. The number of hydrogen-bond donors (Lipinski definition) is 3. The number of nitrogens with zero attached hydrogens (tertiary/aromatic N) is 3. The average Bonchev–Trinajstić information content (AvgIpc) is 2.24. The van der Waals surface area contributed by atoms with Crippen LogP contribution in [-0.4, -0.2) is 27.1 Å². The Balaban J connectivity index is 2.92. The van der Waals surface area contributed by atoms with Crippen LogP contribution in [0.4, 0.5) is 11.9 Å². The van der Waals surface area contributed by atoms with Gasteiger partial charge in [0.2, 0.25) is 11.9 Å². The van der Waals surface area contributed by atoms with Crippen molar-refractivity contribution in [2.24, 2.45) is 11.3 Å². The first kappa shape index (κ1) is 16.4. The summed E-state index contributed by atoms with van der Waals surface area (Å²) < 4.78 is 5.31. The van der Waals surface area contributed by atoms with Gasteiger partial charge < -0.3 is 10.1 Å². The monoisotopic (exact) mass is 282 g/mol. The number of nitrogens with two attached hydrogens (primary N) is 1. The van der Waals surface area contributed by atoms with Gasteiger partial charge in [-0.1, -0.05) is 20.8 Å². The molecule has 7 nitrogen and oxygen atoms in total. The van der Waals surface area contributed by atoms with E-state index in [-0.39, 0.29) is 22.9 Å². The van der Waals surface area contributed by atoms with E-state index in [1.807, 2.05) is 6.92 Å². The van der Waals surface area contributed by atoms with Crippen molar-refractivity contribution >= 4 is 11.9 Å². The first-order valence-corrected chi connectivity index (χ1v) is 6.79. The molecule has 1 aromatic heterocycles. The summed E-state index contributed by atoms with van der Waals surface area (Å²) in [5, 5.41) is 3.31. The first-order valence-electron chi connectivity index (χ1n) is 6.79. The van der Waals surface area contributed by atoms with E-state index < -0.39 is 0 Å². The van der Waals surface area contributed by atoms with Gasteiger partial charge in [0.1, 0.15) is 0 Å². The van der Waals surface area contributed by atoms with Crippen LogP contribution in [0.1, 0.15) is 48.0 Å². The number of anilines is 2. The van der Waals surface area contributed by atoms with Gasteiger partial charge in [0.15, 0.2) is 0 Å². The van der Waals surface area contributed by atoms with E-state index in [1.165, 1.54) is 0 Å². The Labute approximate surface area is 120 Å². The van der Waals surface area contributed by atoms with Crippen LogP contribution >= 0.6 is 0 Å². The van der Waals surface area contributed by atoms with Crippen molar-refractivity contribution in [2.45, 2.75) is 53.5 Å². The van der Waals surface area contributed by atoms with Gasteiger partial charge in [0, 0.05) is 5.54 Å². The fourth-order valence-corrected chi connectivity index (χ4v) is 2.34. The summed E-state index contributed by atoms with van der Waals surface area (Å²) in [6.07, 6.45) is 0.959. The maximum atomic E-state index is 5.36. The van der Waals surface area contributed by atoms with Crippen LogP contribution in [0, 0.1) is 5.41 Å². The predicted octanol–water partition coefficient (Wildman–Crippen LogP) is 2.18. The minimum atomic E-state index is -0.158. The van der Waals surface area contributed by atoms with Crippen LogP contribution < -0.4 is 21.3 Å². The number of rotatable bonds is 6. The van der Waals surface area contributed by atoms with Crippen LogP contribution in [0.15, 0.2) is 0 Å². The van der Waals surface area contributed by atoms with Crippen molar-refractivity contribution in [3.63, 3.8) is 0 Å². The molecule has 0 aliphatic rings. The lowest BCUT2D eigenvalue weighted by Gasteiger charge is -2.33. The fourth-order valence-electron chi connectivity index (χ4n) is 2.34. The Hall–Kier alpha value is -1.63. The summed E-state index contributed by atoms with van der Waals surface area (Å²) in [5.41, 5.74) is 2.46. The zero-order valence-electron chi connectivity index (χ0n) is 13.2. The first-order chi connectivity index (χ1) is 9.15. The van der Waals surface area contributed by atoms with Crippen molar-refractivity contribution in [3.8, 4) is 6.01 Å². The largest absolute Gasteiger partial charge is 0.464 e. The van der Waals surface area contributed by atoms with E-state index in [0.29, 0.717) is 12.6 Å². The number of nitrogens with one attached hydrogen (secondary N) is 2. The van der Waals surface area contributed by atoms with Crippen molar-refractivity contribution < 1.29 is 4.74 Å². The van der Waals surface area contributed by atoms with E-state index in [4.69, 9.17) is 10.6 Å². The molecule has 4 N–H and O–H groups in total. The lowest BCUT2D eigenvalue weighted by Crippen LogP contribution is -2.36. The molecule has 0 aliphatic carbocycles. The molecule has 20 heavy (non-hydrogen) atoms. The van der Waals surface area contributed by atoms with Gasteiger partial charge in [-0.3, -0.25) is 5.43 Å². The highest BCUT2D eigenvalue weighted by Gasteiger charge is 2.26. The third-order valence-corrected chi connectivity index (χ3v) is 2.44. The standard InChI is InChI=1S/C13H26N6O/c1-7-20-11-16-9(15-10(17-11)19-14)18-13(5,6)8-12(2,3)4/h7-8,14H2,1-6H3,(H2,15,16,17,18,19). The minimum absolute atomic E-state index is 0.158. The second-order valence-electron chi connectivity index (χ2n) is 6.59. The van der Waals surface area contributed by atoms with E-state index >= 15 is 0 Å². The SMILES string of the molecule is CCOc1nc(NN)nc(NC(C)(C)CC(C)(C)C)n1. The molecule has 7 heteroatoms. The summed E-state index contributed by atoms with van der Waals surface area (Å²) in [4.78, 5) is 12.5. The molecule has 1 heterocycles. The number of aromatic nitrogens is 3. The third kappa shape index (κ3) is 5.56. The minimum Gasteiger partial charge on any atom is -0.464 e. The molecule has 1 aromatic rings. The molecule has 0 saturated heterocycles. The average molecular weight is 282 g/mol. The summed E-state index contributed by atoms with van der Waals surface area (Å²) >= 11 is 0. The van der Waals surface area contributed by atoms with E-state index in [9.17, 15) is 0 Å². The fraction of sp³-hybridized carbons (Fsp3) is 0.769. The van der Waals surface area contributed by atoms with Crippen molar-refractivity contribution in [1.29, 1.82) is 0 Å². The lowest BCUT2D eigenvalue weighted by molar-refractivity contribution is 0.299. The third-order valence-electron chi connectivity index (χ3n) is 2.44. The number of ether oxygens (including phenoxy) is 1. The lowest BCUT2D eigenvalue weighted by atomic mass is 9.82. The summed E-state index contributed by atoms with van der Waals surface area (Å²) in [5.74, 6) is 6.09. The molecular formula is C13H26N6O. The van der Waals surface area contributed by atoms with E-state index in [0.717, 1.165) is 6.42 Å². The summed E-state index contributed by atoms with van der Waals surface area (Å²) in [6.45, 7) is 13.2. The van der Waals surface area contributed by atoms with Gasteiger partial charge >= 0.3 is 6.01 Å². The van der Waals surface area contributed by atoms with Gasteiger partial charge in [0.25, 0.3) is 0 Å². The number of nitrogen functional groups attached to an aromatic ring is 1. The Morgan fingerprint density at radius 1 is 1.05 bits per heavy atom. The molecule has 0 atom stereocenters. The highest BCUT2D eigenvalue weighted by Crippen LogP contribution is 2.29. The maximum Gasteiger partial charge on any atom is 0.323 e. The van der Waals surface area contributed by atoms with Crippen molar-refractivity contribution in [2.75, 3.05) is 17.3 Å². The highest BCUT2D eigenvalue weighted by molar-refractivity contribution is 5.37. The predicted molar refractivity (Wildman–Crippen MR) is 80.6 cm³/mol. The Morgan fingerprint density at radius 2 is 1.65 bits per heavy atom. The quantitative estimate of drug-likeness (QED) is 0.543. The Kier molecular flexibility index (Phi) is 5.10. The summed E-state index contributed by atoms with van der Waals surface area (Å²) in [7, 11) is 0. The van der Waals surface area contributed by atoms with Crippen molar-refractivity contribution in [1.82, 2.24) is 15.0 Å². The van der Waals surface area contributed by atoms with Gasteiger partial charge in [0.05, 0.1) is 6.61 Å². The zero-order chi connectivity index (χ0) is 15.4. The van der Waals surface area contributed by atoms with Crippen LogP contribution in [0.2, 0.25) is 0 Å². The maximum absolute atomic E-state index is 5.36. The molecular weight excluding hydrogens is 256 g/mol. The normalized spacial score (nSPS) is 12.2. The van der Waals surface area contributed by atoms with Crippen LogP contribution in [0.5, 0.6) is 6.01 Å². The number of hydrazine groups is 1. The molecule has 0 aromatic carbocycles. The molecule has 1 rings (SSSR count). The number of hydrogen-bond acceptors (Lipinski definition) is 7. The molecule has 0 fully saturated rings. The molecule has 0 spiro atoms. The van der Waals surface area contributed by atoms with Gasteiger partial charge in [-0.15, -0.1) is 0 Å². The highest BCUT2D eigenvalue weighted by atomic mass is 16.5. The second-order valence-corrected chi connectivity index (χ2v) is 6.59. The molecule has 0 unspecified atom stereocenters. The smallest absolute Gasteiger partial charge is 0.323 e. The van der Waals surface area contributed by atoms with Gasteiger partial charge in [-0.25, -0.2) is 5.84 Å². The second kappa shape index (κ2) is 6.21.